The molecule has 0 fully saturated rings. The molecule has 0 saturated carbocycles. The van der Waals surface area contributed by atoms with Gasteiger partial charge >= 0.3 is 0 Å². The number of carbonyl (C=O) groups excluding carboxylic acids is 2. The zero-order chi connectivity index (χ0) is 28.6. The Balaban J connectivity index is 1.66. The molecular weight excluding hydrogens is 611 g/mol. The van der Waals surface area contributed by atoms with Gasteiger partial charge in [0.1, 0.15) is 11.8 Å². The normalized spacial score (nSPS) is 12.5. The van der Waals surface area contributed by atoms with E-state index in [1.54, 1.807) is 23.1 Å². The van der Waals surface area contributed by atoms with Crippen LogP contribution in [0.2, 0.25) is 10.0 Å². The first kappa shape index (κ1) is 29.9. The number of rotatable bonds is 11. The smallest absolute Gasteiger partial charge is 0.261 e. The maximum atomic E-state index is 13.9. The van der Waals surface area contributed by atoms with Crippen molar-refractivity contribution in [2.45, 2.75) is 45.3 Å². The summed E-state index contributed by atoms with van der Waals surface area (Å²) in [6.07, 6.45) is 1.11. The summed E-state index contributed by atoms with van der Waals surface area (Å²) >= 11 is 16.1. The van der Waals surface area contributed by atoms with Gasteiger partial charge in [0.05, 0.1) is 14.5 Å². The van der Waals surface area contributed by atoms with Gasteiger partial charge in [-0.2, -0.15) is 0 Å². The van der Waals surface area contributed by atoms with E-state index in [0.29, 0.717) is 22.2 Å². The third kappa shape index (κ3) is 7.57. The number of halogens is 3. The van der Waals surface area contributed by atoms with Crippen LogP contribution in [0, 0.1) is 0 Å². The Bertz CT molecular complexity index is 1480. The zero-order valence-corrected chi connectivity index (χ0v) is 25.5. The maximum Gasteiger partial charge on any atom is 0.261 e. The molecule has 5 nitrogen and oxygen atoms in total. The predicted molar refractivity (Wildman–Crippen MR) is 166 cm³/mol. The molecule has 0 aromatic heterocycles. The molecule has 0 unspecified atom stereocenters. The first-order valence-corrected chi connectivity index (χ1v) is 14.7. The van der Waals surface area contributed by atoms with Crippen LogP contribution >= 0.6 is 39.1 Å². The Morgan fingerprint density at radius 1 is 0.925 bits per heavy atom. The topological polar surface area (TPSA) is 58.6 Å². The second-order valence-electron chi connectivity index (χ2n) is 9.68. The van der Waals surface area contributed by atoms with Crippen LogP contribution in [0.3, 0.4) is 0 Å². The SMILES string of the molecule is CC[C@H](C)NC(=O)[C@@H](Cc1ccccc1)N(Cc1ccc(Cl)c(Cl)c1)C(=O)COc1ccc2ccccc2c1Br. The number of ether oxygens (including phenoxy) is 1. The molecular formula is C32H31BrCl2N2O3. The fraction of sp³-hybridized carbons (Fsp3) is 0.250. The predicted octanol–water partition coefficient (Wildman–Crippen LogP) is 7.84. The average molecular weight is 642 g/mol. The van der Waals surface area contributed by atoms with Crippen molar-refractivity contribution in [3.8, 4) is 5.75 Å². The highest BCUT2D eigenvalue weighted by Crippen LogP contribution is 2.33. The minimum atomic E-state index is -0.776. The Kier molecular flexibility index (Phi) is 10.5. The lowest BCUT2D eigenvalue weighted by molar-refractivity contribution is -0.143. The van der Waals surface area contributed by atoms with Crippen LogP contribution in [-0.4, -0.2) is 35.4 Å². The lowest BCUT2D eigenvalue weighted by atomic mass is 10.0. The molecule has 4 aromatic carbocycles. The summed E-state index contributed by atoms with van der Waals surface area (Å²) in [6, 6.07) is 25.8. The molecule has 2 atom stereocenters. The summed E-state index contributed by atoms with van der Waals surface area (Å²) in [5, 5.41) is 5.90. The highest BCUT2D eigenvalue weighted by atomic mass is 79.9. The van der Waals surface area contributed by atoms with Gasteiger partial charge in [0.15, 0.2) is 6.61 Å². The summed E-state index contributed by atoms with van der Waals surface area (Å²) in [5.74, 6) is -0.00457. The molecule has 0 saturated heterocycles. The van der Waals surface area contributed by atoms with Crippen LogP contribution < -0.4 is 10.1 Å². The second kappa shape index (κ2) is 14.0. The summed E-state index contributed by atoms with van der Waals surface area (Å²) in [4.78, 5) is 29.1. The first-order valence-electron chi connectivity index (χ1n) is 13.1. The summed E-state index contributed by atoms with van der Waals surface area (Å²) in [6.45, 7) is 3.86. The van der Waals surface area contributed by atoms with Crippen molar-refractivity contribution in [2.75, 3.05) is 6.61 Å². The van der Waals surface area contributed by atoms with Gasteiger partial charge in [-0.15, -0.1) is 0 Å². The number of amides is 2. The van der Waals surface area contributed by atoms with Crippen molar-refractivity contribution < 1.29 is 14.3 Å². The third-order valence-corrected chi connectivity index (χ3v) is 8.35. The molecule has 0 aliphatic rings. The number of nitrogens with one attached hydrogen (secondary N) is 1. The van der Waals surface area contributed by atoms with E-state index in [1.165, 1.54) is 0 Å². The van der Waals surface area contributed by atoms with E-state index < -0.39 is 6.04 Å². The molecule has 0 spiro atoms. The fourth-order valence-electron chi connectivity index (χ4n) is 4.38. The summed E-state index contributed by atoms with van der Waals surface area (Å²) < 4.78 is 6.80. The van der Waals surface area contributed by atoms with Gasteiger partial charge in [0, 0.05) is 19.0 Å². The molecule has 0 radical (unpaired) electrons. The van der Waals surface area contributed by atoms with Crippen molar-refractivity contribution in [1.82, 2.24) is 10.2 Å². The van der Waals surface area contributed by atoms with Crippen molar-refractivity contribution in [3.05, 3.63) is 111 Å². The van der Waals surface area contributed by atoms with E-state index in [4.69, 9.17) is 27.9 Å². The van der Waals surface area contributed by atoms with Gasteiger partial charge in [0.25, 0.3) is 5.91 Å². The minimum Gasteiger partial charge on any atom is -0.483 e. The molecule has 0 aliphatic heterocycles. The molecule has 1 N–H and O–H groups in total. The van der Waals surface area contributed by atoms with Crippen LogP contribution in [0.15, 0.2) is 89.4 Å². The highest BCUT2D eigenvalue weighted by molar-refractivity contribution is 9.10. The standard InChI is InChI=1S/C32H31BrCl2N2O3/c1-3-21(2)36-32(39)28(18-22-9-5-4-6-10-22)37(19-23-13-15-26(34)27(35)17-23)30(38)20-40-29-16-14-24-11-7-8-12-25(24)31(29)33/h4-17,21,28H,3,18-20H2,1-2H3,(H,36,39)/t21-,28+/m0/s1. The molecule has 208 valence electrons. The Labute approximate surface area is 253 Å². The molecule has 0 heterocycles. The van der Waals surface area contributed by atoms with Crippen LogP contribution in [0.4, 0.5) is 0 Å². The van der Waals surface area contributed by atoms with E-state index in [-0.39, 0.29) is 31.0 Å². The summed E-state index contributed by atoms with van der Waals surface area (Å²) in [5.41, 5.74) is 1.70. The third-order valence-electron chi connectivity index (χ3n) is 6.79. The highest BCUT2D eigenvalue weighted by Gasteiger charge is 2.31. The number of fused-ring (bicyclic) bond motifs is 1. The number of hydrogen-bond donors (Lipinski definition) is 1. The van der Waals surface area contributed by atoms with Gasteiger partial charge in [-0.25, -0.2) is 0 Å². The van der Waals surface area contributed by atoms with Crippen molar-refractivity contribution in [1.29, 1.82) is 0 Å². The summed E-state index contributed by atoms with van der Waals surface area (Å²) in [7, 11) is 0. The van der Waals surface area contributed by atoms with Gasteiger partial charge in [-0.1, -0.05) is 96.9 Å². The average Bonchev–Trinajstić information content (AvgIpc) is 2.96. The van der Waals surface area contributed by atoms with Crippen LogP contribution in [0.25, 0.3) is 10.8 Å². The Morgan fingerprint density at radius 3 is 2.38 bits per heavy atom. The molecule has 0 bridgehead atoms. The number of benzene rings is 4. The van der Waals surface area contributed by atoms with E-state index in [2.05, 4.69) is 21.2 Å². The lowest BCUT2D eigenvalue weighted by Crippen LogP contribution is -2.53. The van der Waals surface area contributed by atoms with E-state index in [9.17, 15) is 9.59 Å². The minimum absolute atomic E-state index is 0.0440. The number of nitrogens with zero attached hydrogens (tertiary/aromatic N) is 1. The first-order chi connectivity index (χ1) is 19.3. The van der Waals surface area contributed by atoms with Gasteiger partial charge < -0.3 is 15.0 Å². The Hall–Kier alpha value is -3.06. The second-order valence-corrected chi connectivity index (χ2v) is 11.3. The lowest BCUT2D eigenvalue weighted by Gasteiger charge is -2.32. The zero-order valence-electron chi connectivity index (χ0n) is 22.4. The number of hydrogen-bond acceptors (Lipinski definition) is 3. The van der Waals surface area contributed by atoms with Gasteiger partial charge in [-0.05, 0) is 69.4 Å². The van der Waals surface area contributed by atoms with E-state index >= 15 is 0 Å². The molecule has 0 aliphatic carbocycles. The monoisotopic (exact) mass is 640 g/mol. The molecule has 40 heavy (non-hydrogen) atoms. The fourth-order valence-corrected chi connectivity index (χ4v) is 5.31. The van der Waals surface area contributed by atoms with Crippen LogP contribution in [-0.2, 0) is 22.6 Å². The molecule has 4 rings (SSSR count). The van der Waals surface area contributed by atoms with E-state index in [1.807, 2.05) is 80.6 Å². The van der Waals surface area contributed by atoms with Gasteiger partial charge in [-0.3, -0.25) is 9.59 Å². The van der Waals surface area contributed by atoms with Crippen molar-refractivity contribution >= 4 is 61.7 Å². The van der Waals surface area contributed by atoms with Crippen LogP contribution in [0.1, 0.15) is 31.4 Å². The largest absolute Gasteiger partial charge is 0.483 e. The van der Waals surface area contributed by atoms with Crippen LogP contribution in [0.5, 0.6) is 5.75 Å². The molecule has 8 heteroatoms. The maximum absolute atomic E-state index is 13.9. The Morgan fingerprint density at radius 2 is 1.65 bits per heavy atom. The molecule has 2 amide bonds. The van der Waals surface area contributed by atoms with Crippen molar-refractivity contribution in [2.24, 2.45) is 0 Å². The van der Waals surface area contributed by atoms with Gasteiger partial charge in [0.2, 0.25) is 5.91 Å². The molecule has 4 aromatic rings. The van der Waals surface area contributed by atoms with E-state index in [0.717, 1.165) is 32.8 Å². The number of carbonyl (C=O) groups is 2. The quantitative estimate of drug-likeness (QED) is 0.181. The van der Waals surface area contributed by atoms with Crippen molar-refractivity contribution in [3.63, 3.8) is 0 Å².